The Bertz CT molecular complexity index is 672. The van der Waals surface area contributed by atoms with E-state index in [1.807, 2.05) is 6.07 Å². The summed E-state index contributed by atoms with van der Waals surface area (Å²) in [4.78, 5) is 3.94. The third kappa shape index (κ3) is 2.88. The van der Waals surface area contributed by atoms with Crippen LogP contribution in [0.5, 0.6) is 0 Å². The number of hydrogen-bond donors (Lipinski definition) is 1. The Morgan fingerprint density at radius 1 is 1.25 bits per heavy atom. The molecule has 0 atom stereocenters. The number of aromatic nitrogens is 1. The van der Waals surface area contributed by atoms with Crippen molar-refractivity contribution in [1.29, 1.82) is 5.26 Å². The van der Waals surface area contributed by atoms with Crippen LogP contribution in [0.1, 0.15) is 16.7 Å². The van der Waals surface area contributed by atoms with Gasteiger partial charge >= 0.3 is 6.18 Å². The van der Waals surface area contributed by atoms with Gasteiger partial charge < -0.3 is 5.32 Å². The number of anilines is 2. The van der Waals surface area contributed by atoms with Gasteiger partial charge in [-0.25, -0.2) is 4.98 Å². The highest BCUT2D eigenvalue weighted by molar-refractivity contribution is 5.63. The summed E-state index contributed by atoms with van der Waals surface area (Å²) in [7, 11) is 0. The Hall–Kier alpha value is -2.55. The molecule has 0 spiro atoms. The van der Waals surface area contributed by atoms with Crippen molar-refractivity contribution in [3.63, 3.8) is 0 Å². The van der Waals surface area contributed by atoms with Gasteiger partial charge in [0.05, 0.1) is 11.1 Å². The second-order valence-corrected chi connectivity index (χ2v) is 4.16. The van der Waals surface area contributed by atoms with E-state index >= 15 is 0 Å². The molecule has 0 aliphatic carbocycles. The first-order chi connectivity index (χ1) is 9.41. The van der Waals surface area contributed by atoms with Crippen molar-refractivity contribution < 1.29 is 13.2 Å². The van der Waals surface area contributed by atoms with Crippen molar-refractivity contribution >= 4 is 11.5 Å². The van der Waals surface area contributed by atoms with E-state index in [0.29, 0.717) is 0 Å². The van der Waals surface area contributed by atoms with Crippen molar-refractivity contribution in [2.45, 2.75) is 13.1 Å². The van der Waals surface area contributed by atoms with E-state index in [0.717, 1.165) is 6.07 Å². The molecule has 0 unspecified atom stereocenters. The van der Waals surface area contributed by atoms with Crippen LogP contribution in [0.4, 0.5) is 24.7 Å². The van der Waals surface area contributed by atoms with Crippen LogP contribution in [0.15, 0.2) is 36.5 Å². The number of alkyl halides is 3. The molecule has 0 amide bonds. The lowest BCUT2D eigenvalue weighted by Gasteiger charge is -2.13. The van der Waals surface area contributed by atoms with E-state index in [1.165, 1.54) is 31.3 Å². The molecular formula is C14H10F3N3. The first-order valence-corrected chi connectivity index (χ1v) is 5.72. The smallest absolute Gasteiger partial charge is 0.339 e. The number of nitrogens with one attached hydrogen (secondary N) is 1. The molecule has 0 aliphatic heterocycles. The van der Waals surface area contributed by atoms with E-state index in [9.17, 15) is 13.2 Å². The number of halogens is 3. The van der Waals surface area contributed by atoms with Crippen LogP contribution in [0.2, 0.25) is 0 Å². The summed E-state index contributed by atoms with van der Waals surface area (Å²) in [6.07, 6.45) is -2.95. The van der Waals surface area contributed by atoms with Gasteiger partial charge in [-0.15, -0.1) is 0 Å². The summed E-state index contributed by atoms with van der Waals surface area (Å²) < 4.78 is 38.5. The summed E-state index contributed by atoms with van der Waals surface area (Å²) in [5, 5.41) is 11.6. The van der Waals surface area contributed by atoms with Gasteiger partial charge in [0.15, 0.2) is 0 Å². The number of nitrogens with zero attached hydrogens (tertiary/aromatic N) is 2. The number of hydrogen-bond acceptors (Lipinski definition) is 3. The third-order valence-electron chi connectivity index (χ3n) is 2.73. The van der Waals surface area contributed by atoms with Crippen molar-refractivity contribution in [2.24, 2.45) is 0 Å². The fraction of sp³-hybridized carbons (Fsp3) is 0.143. The second kappa shape index (κ2) is 5.21. The molecule has 0 saturated heterocycles. The predicted octanol–water partition coefficient (Wildman–Crippen LogP) is 4.02. The van der Waals surface area contributed by atoms with Crippen LogP contribution in [-0.4, -0.2) is 4.98 Å². The molecule has 3 nitrogen and oxygen atoms in total. The summed E-state index contributed by atoms with van der Waals surface area (Å²) in [5.74, 6) is 0.229. The maximum atomic E-state index is 12.8. The largest absolute Gasteiger partial charge is 0.416 e. The standard InChI is InChI=1S/C14H10F3N3/c1-9-4-5-11(7-12(9)14(15,16)17)20-13-10(8-18)3-2-6-19-13/h2-7H,1H3,(H,19,20). The molecule has 2 rings (SSSR count). The van der Waals surface area contributed by atoms with Gasteiger partial charge in [0.2, 0.25) is 0 Å². The van der Waals surface area contributed by atoms with Crippen LogP contribution in [0.25, 0.3) is 0 Å². The molecule has 1 aromatic heterocycles. The average molecular weight is 277 g/mol. The summed E-state index contributed by atoms with van der Waals surface area (Å²) in [6, 6.07) is 8.94. The monoisotopic (exact) mass is 277 g/mol. The van der Waals surface area contributed by atoms with Crippen LogP contribution < -0.4 is 5.32 Å². The average Bonchev–Trinajstić information content (AvgIpc) is 2.40. The minimum Gasteiger partial charge on any atom is -0.339 e. The molecule has 0 fully saturated rings. The number of rotatable bonds is 2. The molecule has 6 heteroatoms. The summed E-state index contributed by atoms with van der Waals surface area (Å²) in [6.45, 7) is 1.40. The van der Waals surface area contributed by atoms with Crippen LogP contribution >= 0.6 is 0 Å². The zero-order chi connectivity index (χ0) is 14.8. The predicted molar refractivity (Wildman–Crippen MR) is 68.4 cm³/mol. The van der Waals surface area contributed by atoms with Gasteiger partial charge in [-0.05, 0) is 36.8 Å². The first kappa shape index (κ1) is 13.9. The zero-order valence-corrected chi connectivity index (χ0v) is 10.5. The van der Waals surface area contributed by atoms with Crippen molar-refractivity contribution in [1.82, 2.24) is 4.98 Å². The first-order valence-electron chi connectivity index (χ1n) is 5.72. The minimum atomic E-state index is -4.41. The van der Waals surface area contributed by atoms with Crippen LogP contribution in [0.3, 0.4) is 0 Å². The Balaban J connectivity index is 2.38. The van der Waals surface area contributed by atoms with Crippen LogP contribution in [0, 0.1) is 18.3 Å². The topological polar surface area (TPSA) is 48.7 Å². The third-order valence-corrected chi connectivity index (χ3v) is 2.73. The van der Waals surface area contributed by atoms with Gasteiger partial charge in [0, 0.05) is 11.9 Å². The molecule has 0 bridgehead atoms. The molecule has 1 N–H and O–H groups in total. The molecule has 102 valence electrons. The van der Waals surface area contributed by atoms with Gasteiger partial charge in [0.25, 0.3) is 0 Å². The maximum Gasteiger partial charge on any atom is 0.416 e. The zero-order valence-electron chi connectivity index (χ0n) is 10.5. The van der Waals surface area contributed by atoms with Gasteiger partial charge in [-0.2, -0.15) is 18.4 Å². The molecule has 1 heterocycles. The summed E-state index contributed by atoms with van der Waals surface area (Å²) in [5.41, 5.74) is -0.0683. The fourth-order valence-corrected chi connectivity index (χ4v) is 1.74. The second-order valence-electron chi connectivity index (χ2n) is 4.16. The lowest BCUT2D eigenvalue weighted by molar-refractivity contribution is -0.138. The minimum absolute atomic E-state index is 0.143. The van der Waals surface area contributed by atoms with E-state index in [2.05, 4.69) is 10.3 Å². The molecule has 2 aromatic rings. The van der Waals surface area contributed by atoms with Crippen molar-refractivity contribution in [3.8, 4) is 6.07 Å². The van der Waals surface area contributed by atoms with Crippen molar-refractivity contribution in [2.75, 3.05) is 5.32 Å². The van der Waals surface area contributed by atoms with Gasteiger partial charge in [-0.3, -0.25) is 0 Å². The molecular weight excluding hydrogens is 267 g/mol. The van der Waals surface area contributed by atoms with Crippen molar-refractivity contribution in [3.05, 3.63) is 53.2 Å². The Labute approximate surface area is 113 Å². The highest BCUT2D eigenvalue weighted by Gasteiger charge is 2.32. The van der Waals surface area contributed by atoms with E-state index < -0.39 is 11.7 Å². The number of nitriles is 1. The van der Waals surface area contributed by atoms with Gasteiger partial charge in [-0.1, -0.05) is 6.07 Å². The number of benzene rings is 1. The lowest BCUT2D eigenvalue weighted by Crippen LogP contribution is -2.08. The summed E-state index contributed by atoms with van der Waals surface area (Å²) >= 11 is 0. The van der Waals surface area contributed by atoms with E-state index in [-0.39, 0.29) is 22.6 Å². The molecule has 20 heavy (non-hydrogen) atoms. The van der Waals surface area contributed by atoms with E-state index in [1.54, 1.807) is 6.07 Å². The van der Waals surface area contributed by atoms with Crippen LogP contribution in [-0.2, 0) is 6.18 Å². The number of pyridine rings is 1. The quantitative estimate of drug-likeness (QED) is 0.901. The molecule has 1 aromatic carbocycles. The molecule has 0 saturated carbocycles. The number of aryl methyl sites for hydroxylation is 1. The SMILES string of the molecule is Cc1ccc(Nc2ncccc2C#N)cc1C(F)(F)F. The Morgan fingerprint density at radius 3 is 2.65 bits per heavy atom. The maximum absolute atomic E-state index is 12.8. The molecule has 0 radical (unpaired) electrons. The van der Waals surface area contributed by atoms with E-state index in [4.69, 9.17) is 5.26 Å². The lowest BCUT2D eigenvalue weighted by atomic mass is 10.1. The van der Waals surface area contributed by atoms with Gasteiger partial charge in [0.1, 0.15) is 11.9 Å². The fourth-order valence-electron chi connectivity index (χ4n) is 1.74. The Morgan fingerprint density at radius 2 is 2.00 bits per heavy atom. The highest BCUT2D eigenvalue weighted by Crippen LogP contribution is 2.34. The molecule has 0 aliphatic rings. The Kier molecular flexibility index (Phi) is 3.61. The normalized spacial score (nSPS) is 10.9. The highest BCUT2D eigenvalue weighted by atomic mass is 19.4.